The van der Waals surface area contributed by atoms with Gasteiger partial charge in [-0.3, -0.25) is 9.69 Å². The molecule has 5 heteroatoms. The molecule has 1 unspecified atom stereocenters. The molecule has 0 spiro atoms. The average Bonchev–Trinajstić information content (AvgIpc) is 2.78. The molecule has 1 atom stereocenters. The van der Waals surface area contributed by atoms with Crippen LogP contribution in [0.3, 0.4) is 0 Å². The lowest BCUT2D eigenvalue weighted by Crippen LogP contribution is -3.14. The fourth-order valence-electron chi connectivity index (χ4n) is 2.06. The third kappa shape index (κ3) is 3.99. The summed E-state index contributed by atoms with van der Waals surface area (Å²) < 4.78 is 0. The number of nitrogens with zero attached hydrogens (tertiary/aromatic N) is 1. The van der Waals surface area contributed by atoms with Crippen molar-refractivity contribution in [2.75, 3.05) is 18.9 Å². The molecule has 1 aromatic rings. The van der Waals surface area contributed by atoms with Crippen molar-refractivity contribution in [1.82, 2.24) is 4.90 Å². The van der Waals surface area contributed by atoms with Gasteiger partial charge in [-0.15, -0.1) is 0 Å². The Morgan fingerprint density at radius 2 is 1.90 bits per heavy atom. The zero-order chi connectivity index (χ0) is 14.0. The van der Waals surface area contributed by atoms with Gasteiger partial charge in [0.2, 0.25) is 0 Å². The molecule has 2 rings (SSSR count). The van der Waals surface area contributed by atoms with Crippen LogP contribution in [0.1, 0.15) is 31.1 Å². The van der Waals surface area contributed by atoms with E-state index in [1.54, 1.807) is 24.3 Å². The predicted octanol–water partition coefficient (Wildman–Crippen LogP) is -2.12. The minimum atomic E-state index is 0. The molecule has 0 bridgehead atoms. The summed E-state index contributed by atoms with van der Waals surface area (Å²) in [7, 11) is 0. The summed E-state index contributed by atoms with van der Waals surface area (Å²) in [4.78, 5) is 15.6. The summed E-state index contributed by atoms with van der Waals surface area (Å²) in [6.45, 7) is 7.83. The van der Waals surface area contributed by atoms with Crippen LogP contribution in [0.25, 0.3) is 0 Å². The van der Waals surface area contributed by atoms with Crippen LogP contribution in [0.4, 0.5) is 5.69 Å². The number of nitrogens with one attached hydrogen (secondary N) is 1. The first-order valence-electron chi connectivity index (χ1n) is 6.53. The number of hydrogen-bond donors (Lipinski definition) is 2. The highest BCUT2D eigenvalue weighted by Crippen LogP contribution is 2.08. The second kappa shape index (κ2) is 6.29. The first-order chi connectivity index (χ1) is 8.86. The van der Waals surface area contributed by atoms with E-state index in [9.17, 15) is 4.79 Å². The lowest BCUT2D eigenvalue weighted by Gasteiger charge is -2.27. The Morgan fingerprint density at radius 3 is 2.40 bits per heavy atom. The van der Waals surface area contributed by atoms with Gasteiger partial charge in [-0.1, -0.05) is 0 Å². The van der Waals surface area contributed by atoms with Gasteiger partial charge in [-0.25, -0.2) is 0 Å². The molecule has 4 nitrogen and oxygen atoms in total. The van der Waals surface area contributed by atoms with Crippen LogP contribution in [-0.4, -0.2) is 29.4 Å². The van der Waals surface area contributed by atoms with Crippen molar-refractivity contribution < 1.29 is 22.1 Å². The SMILES string of the molecule is CC(C)(C)[NH+]1C=CN(CC(=O)c2ccc(N)cc2)C1.[Cl-]. The predicted molar refractivity (Wildman–Crippen MR) is 76.6 cm³/mol. The van der Waals surface area contributed by atoms with Crippen LogP contribution >= 0.6 is 0 Å². The Balaban J connectivity index is 0.00000200. The van der Waals surface area contributed by atoms with Gasteiger partial charge in [-0.05, 0) is 45.0 Å². The van der Waals surface area contributed by atoms with Crippen molar-refractivity contribution in [2.45, 2.75) is 26.3 Å². The van der Waals surface area contributed by atoms with Gasteiger partial charge >= 0.3 is 0 Å². The van der Waals surface area contributed by atoms with Crippen molar-refractivity contribution in [1.29, 1.82) is 0 Å². The number of carbonyl (C=O) groups is 1. The van der Waals surface area contributed by atoms with E-state index in [0.717, 1.165) is 6.67 Å². The third-order valence-electron chi connectivity index (χ3n) is 3.40. The lowest BCUT2D eigenvalue weighted by molar-refractivity contribution is -0.898. The molecule has 1 aromatic carbocycles. The molecule has 0 saturated heterocycles. The number of ketones is 1. The largest absolute Gasteiger partial charge is 1.00 e. The topological polar surface area (TPSA) is 50.8 Å². The molecule has 0 fully saturated rings. The normalized spacial score (nSPS) is 17.9. The molecular weight excluding hydrogens is 274 g/mol. The van der Waals surface area contributed by atoms with Crippen LogP contribution in [0.5, 0.6) is 0 Å². The Morgan fingerprint density at radius 1 is 1.30 bits per heavy atom. The molecule has 3 N–H and O–H groups in total. The van der Waals surface area contributed by atoms with Crippen LogP contribution in [0, 0.1) is 0 Å². The number of nitrogens with two attached hydrogens (primary N) is 1. The van der Waals surface area contributed by atoms with Crippen molar-refractivity contribution in [3.63, 3.8) is 0 Å². The van der Waals surface area contributed by atoms with Gasteiger partial charge in [-0.2, -0.15) is 0 Å². The molecule has 0 amide bonds. The molecule has 0 radical (unpaired) electrons. The number of benzene rings is 1. The number of nitrogen functional groups attached to an aromatic ring is 1. The van der Waals surface area contributed by atoms with E-state index >= 15 is 0 Å². The van der Waals surface area contributed by atoms with Gasteiger partial charge in [0.25, 0.3) is 0 Å². The quantitative estimate of drug-likeness (QED) is 0.495. The van der Waals surface area contributed by atoms with E-state index in [0.29, 0.717) is 17.8 Å². The summed E-state index contributed by atoms with van der Waals surface area (Å²) in [6, 6.07) is 7.09. The monoisotopic (exact) mass is 295 g/mol. The van der Waals surface area contributed by atoms with Crippen molar-refractivity contribution in [3.8, 4) is 0 Å². The van der Waals surface area contributed by atoms with Crippen LogP contribution in [0.15, 0.2) is 36.7 Å². The molecule has 110 valence electrons. The van der Waals surface area contributed by atoms with E-state index < -0.39 is 0 Å². The summed E-state index contributed by atoms with van der Waals surface area (Å²) in [6.07, 6.45) is 4.13. The molecule has 0 aromatic heterocycles. The Labute approximate surface area is 126 Å². The van der Waals surface area contributed by atoms with E-state index in [-0.39, 0.29) is 23.7 Å². The highest BCUT2D eigenvalue weighted by Gasteiger charge is 2.29. The Kier molecular flexibility index (Phi) is 5.20. The van der Waals surface area contributed by atoms with E-state index in [1.807, 2.05) is 6.20 Å². The standard InChI is InChI=1S/C15H21N3O.ClH/c1-15(2,3)18-9-8-17(11-18)10-14(19)12-4-6-13(16)7-5-12;/h4-9H,10-11,16H2,1-3H3;1H. The fraction of sp³-hybridized carbons (Fsp3) is 0.400. The number of anilines is 1. The maximum atomic E-state index is 12.1. The van der Waals surface area contributed by atoms with E-state index in [2.05, 4.69) is 31.9 Å². The van der Waals surface area contributed by atoms with Gasteiger partial charge in [0.05, 0.1) is 18.3 Å². The summed E-state index contributed by atoms with van der Waals surface area (Å²) in [5.41, 5.74) is 7.18. The maximum Gasteiger partial charge on any atom is 0.182 e. The molecule has 20 heavy (non-hydrogen) atoms. The second-order valence-corrected chi connectivity index (χ2v) is 6.04. The molecular formula is C15H22ClN3O. The van der Waals surface area contributed by atoms with Crippen LogP contribution in [-0.2, 0) is 0 Å². The van der Waals surface area contributed by atoms with Crippen LogP contribution < -0.4 is 23.0 Å². The minimum Gasteiger partial charge on any atom is -1.00 e. The number of halogens is 1. The second-order valence-electron chi connectivity index (χ2n) is 6.04. The first kappa shape index (κ1) is 16.5. The molecule has 0 aliphatic carbocycles. The summed E-state index contributed by atoms with van der Waals surface area (Å²) >= 11 is 0. The van der Waals surface area contributed by atoms with Gasteiger partial charge in [0.1, 0.15) is 6.20 Å². The maximum absolute atomic E-state index is 12.1. The first-order valence-corrected chi connectivity index (χ1v) is 6.53. The van der Waals surface area contributed by atoms with Gasteiger partial charge in [0, 0.05) is 11.3 Å². The van der Waals surface area contributed by atoms with Crippen molar-refractivity contribution in [3.05, 3.63) is 42.2 Å². The van der Waals surface area contributed by atoms with E-state index in [4.69, 9.17) is 5.73 Å². The number of rotatable bonds is 3. The average molecular weight is 296 g/mol. The van der Waals surface area contributed by atoms with Crippen LogP contribution in [0.2, 0.25) is 0 Å². The van der Waals surface area contributed by atoms with Gasteiger partial charge in [0.15, 0.2) is 12.5 Å². The summed E-state index contributed by atoms with van der Waals surface area (Å²) in [5, 5.41) is 0. The lowest BCUT2D eigenvalue weighted by atomic mass is 10.1. The van der Waals surface area contributed by atoms with E-state index in [1.165, 1.54) is 4.90 Å². The zero-order valence-electron chi connectivity index (χ0n) is 12.2. The molecule has 1 aliphatic heterocycles. The minimum absolute atomic E-state index is 0. The molecule has 1 aliphatic rings. The zero-order valence-corrected chi connectivity index (χ0v) is 12.9. The fourth-order valence-corrected chi connectivity index (χ4v) is 2.06. The highest BCUT2D eigenvalue weighted by atomic mass is 35.5. The number of carbonyl (C=O) groups excluding carboxylic acids is 1. The number of quaternary nitrogens is 1. The smallest absolute Gasteiger partial charge is 0.182 e. The van der Waals surface area contributed by atoms with Gasteiger partial charge < -0.3 is 23.0 Å². The summed E-state index contributed by atoms with van der Waals surface area (Å²) in [5.74, 6) is 0.125. The molecule has 0 saturated carbocycles. The number of hydrogen-bond acceptors (Lipinski definition) is 3. The highest BCUT2D eigenvalue weighted by molar-refractivity contribution is 5.97. The Hall–Kier alpha value is -1.52. The Bertz CT molecular complexity index is 491. The third-order valence-corrected chi connectivity index (χ3v) is 3.40. The molecule has 1 heterocycles. The number of Topliss-reactive ketones (excluding diaryl/α,β-unsaturated/α-hetero) is 1. The van der Waals surface area contributed by atoms with Crippen molar-refractivity contribution >= 4 is 11.5 Å². The van der Waals surface area contributed by atoms with Crippen molar-refractivity contribution in [2.24, 2.45) is 0 Å².